The minimum atomic E-state index is 0.313. The molecule has 106 valence electrons. The summed E-state index contributed by atoms with van der Waals surface area (Å²) < 4.78 is 0. The number of aromatic nitrogens is 3. The molecule has 0 fully saturated rings. The van der Waals surface area contributed by atoms with Crippen molar-refractivity contribution >= 4 is 0 Å². The highest BCUT2D eigenvalue weighted by Crippen LogP contribution is 2.19. The van der Waals surface area contributed by atoms with Gasteiger partial charge in [0, 0.05) is 48.9 Å². The standard InChI is InChI=1S/C16H22N4/c1-12(2)16-18-8-14(9-19-16)11-20(4)13(3)15-6-5-7-17-10-15/h5-10,12-13H,11H2,1-4H3. The molecule has 0 saturated carbocycles. The molecule has 0 aromatic carbocycles. The second-order valence-corrected chi connectivity index (χ2v) is 5.48. The quantitative estimate of drug-likeness (QED) is 0.836. The van der Waals surface area contributed by atoms with E-state index in [-0.39, 0.29) is 0 Å². The monoisotopic (exact) mass is 270 g/mol. The van der Waals surface area contributed by atoms with Crippen LogP contribution in [-0.4, -0.2) is 26.9 Å². The summed E-state index contributed by atoms with van der Waals surface area (Å²) in [5.41, 5.74) is 2.35. The van der Waals surface area contributed by atoms with E-state index in [9.17, 15) is 0 Å². The Morgan fingerprint density at radius 1 is 1.10 bits per heavy atom. The van der Waals surface area contributed by atoms with Gasteiger partial charge >= 0.3 is 0 Å². The molecule has 0 saturated heterocycles. The highest BCUT2D eigenvalue weighted by Gasteiger charge is 2.12. The van der Waals surface area contributed by atoms with Crippen LogP contribution in [0.1, 0.15) is 49.7 Å². The lowest BCUT2D eigenvalue weighted by Crippen LogP contribution is -2.22. The van der Waals surface area contributed by atoms with Crippen LogP contribution in [0.25, 0.3) is 0 Å². The lowest BCUT2D eigenvalue weighted by atomic mass is 10.1. The van der Waals surface area contributed by atoms with Crippen molar-refractivity contribution in [3.05, 3.63) is 53.9 Å². The van der Waals surface area contributed by atoms with Gasteiger partial charge in [-0.15, -0.1) is 0 Å². The number of hydrogen-bond donors (Lipinski definition) is 0. The summed E-state index contributed by atoms with van der Waals surface area (Å²) in [6.07, 6.45) is 7.57. The molecule has 4 nitrogen and oxygen atoms in total. The van der Waals surface area contributed by atoms with Crippen LogP contribution in [0.3, 0.4) is 0 Å². The maximum Gasteiger partial charge on any atom is 0.130 e. The average molecular weight is 270 g/mol. The molecule has 0 amide bonds. The molecule has 2 aromatic rings. The van der Waals surface area contributed by atoms with E-state index in [0.29, 0.717) is 12.0 Å². The van der Waals surface area contributed by atoms with Gasteiger partial charge in [-0.05, 0) is 25.6 Å². The minimum absolute atomic E-state index is 0.313. The largest absolute Gasteiger partial charge is 0.295 e. The van der Waals surface area contributed by atoms with Crippen molar-refractivity contribution in [3.63, 3.8) is 0 Å². The Balaban J connectivity index is 2.02. The van der Waals surface area contributed by atoms with Gasteiger partial charge in [-0.1, -0.05) is 19.9 Å². The highest BCUT2D eigenvalue weighted by molar-refractivity contribution is 5.14. The third kappa shape index (κ3) is 3.61. The zero-order chi connectivity index (χ0) is 14.5. The lowest BCUT2D eigenvalue weighted by molar-refractivity contribution is 0.252. The summed E-state index contributed by atoms with van der Waals surface area (Å²) in [6.45, 7) is 7.21. The van der Waals surface area contributed by atoms with E-state index in [1.165, 1.54) is 5.56 Å². The Bertz CT molecular complexity index is 522. The highest BCUT2D eigenvalue weighted by atomic mass is 15.1. The predicted molar refractivity (Wildman–Crippen MR) is 80.2 cm³/mol. The van der Waals surface area contributed by atoms with Gasteiger partial charge in [0.15, 0.2) is 0 Å². The second kappa shape index (κ2) is 6.57. The van der Waals surface area contributed by atoms with Gasteiger partial charge in [-0.3, -0.25) is 9.88 Å². The minimum Gasteiger partial charge on any atom is -0.295 e. The van der Waals surface area contributed by atoms with Crippen molar-refractivity contribution in [3.8, 4) is 0 Å². The van der Waals surface area contributed by atoms with Crippen LogP contribution in [0.5, 0.6) is 0 Å². The molecule has 20 heavy (non-hydrogen) atoms. The Morgan fingerprint density at radius 2 is 1.80 bits per heavy atom. The van der Waals surface area contributed by atoms with Crippen LogP contribution in [0.2, 0.25) is 0 Å². The molecule has 2 heterocycles. The van der Waals surface area contributed by atoms with Crippen molar-refractivity contribution in [2.24, 2.45) is 0 Å². The van der Waals surface area contributed by atoms with Crippen LogP contribution >= 0.6 is 0 Å². The first-order chi connectivity index (χ1) is 9.58. The zero-order valence-corrected chi connectivity index (χ0v) is 12.6. The van der Waals surface area contributed by atoms with Crippen LogP contribution < -0.4 is 0 Å². The van der Waals surface area contributed by atoms with Crippen molar-refractivity contribution in [1.29, 1.82) is 0 Å². The molecule has 1 atom stereocenters. The van der Waals surface area contributed by atoms with Crippen LogP contribution in [0, 0.1) is 0 Å². The molecule has 1 unspecified atom stereocenters. The van der Waals surface area contributed by atoms with E-state index in [0.717, 1.165) is 17.9 Å². The van der Waals surface area contributed by atoms with E-state index < -0.39 is 0 Å². The molecule has 4 heteroatoms. The SMILES string of the molecule is CC(C)c1ncc(CN(C)C(C)c2cccnc2)cn1. The molecule has 0 aliphatic rings. The number of nitrogens with zero attached hydrogens (tertiary/aromatic N) is 4. The van der Waals surface area contributed by atoms with Gasteiger partial charge in [-0.25, -0.2) is 9.97 Å². The Hall–Kier alpha value is -1.81. The van der Waals surface area contributed by atoms with Crippen molar-refractivity contribution in [2.45, 2.75) is 39.3 Å². The average Bonchev–Trinajstić information content (AvgIpc) is 2.48. The summed E-state index contributed by atoms with van der Waals surface area (Å²) in [7, 11) is 2.11. The van der Waals surface area contributed by atoms with Gasteiger partial charge in [-0.2, -0.15) is 0 Å². The van der Waals surface area contributed by atoms with E-state index in [1.807, 2.05) is 24.7 Å². The van der Waals surface area contributed by atoms with Gasteiger partial charge in [0.05, 0.1) is 0 Å². The molecule has 0 bridgehead atoms. The van der Waals surface area contributed by atoms with E-state index in [2.05, 4.69) is 53.7 Å². The van der Waals surface area contributed by atoms with E-state index in [4.69, 9.17) is 0 Å². The first-order valence-corrected chi connectivity index (χ1v) is 6.99. The van der Waals surface area contributed by atoms with E-state index in [1.54, 1.807) is 6.20 Å². The van der Waals surface area contributed by atoms with Gasteiger partial charge in [0.2, 0.25) is 0 Å². The zero-order valence-electron chi connectivity index (χ0n) is 12.6. The summed E-state index contributed by atoms with van der Waals surface area (Å²) in [5.74, 6) is 1.27. The molecule has 0 N–H and O–H groups in total. The molecule has 2 aromatic heterocycles. The van der Waals surface area contributed by atoms with Gasteiger partial charge in [0.25, 0.3) is 0 Å². The van der Waals surface area contributed by atoms with Crippen LogP contribution in [-0.2, 0) is 6.54 Å². The van der Waals surface area contributed by atoms with Crippen molar-refractivity contribution in [2.75, 3.05) is 7.05 Å². The second-order valence-electron chi connectivity index (χ2n) is 5.48. The maximum absolute atomic E-state index is 4.41. The summed E-state index contributed by atoms with van der Waals surface area (Å²) >= 11 is 0. The predicted octanol–water partition coefficient (Wildman–Crippen LogP) is 3.19. The van der Waals surface area contributed by atoms with Gasteiger partial charge in [0.1, 0.15) is 5.82 Å². The number of rotatable bonds is 5. The first-order valence-electron chi connectivity index (χ1n) is 6.99. The molecular weight excluding hydrogens is 248 g/mol. The third-order valence-corrected chi connectivity index (χ3v) is 3.50. The molecule has 0 spiro atoms. The molecule has 0 radical (unpaired) electrons. The molecule has 2 rings (SSSR count). The smallest absolute Gasteiger partial charge is 0.130 e. The topological polar surface area (TPSA) is 41.9 Å². The van der Waals surface area contributed by atoms with Crippen LogP contribution in [0.4, 0.5) is 0 Å². The van der Waals surface area contributed by atoms with Gasteiger partial charge < -0.3 is 0 Å². The van der Waals surface area contributed by atoms with Crippen molar-refractivity contribution < 1.29 is 0 Å². The summed E-state index contributed by atoms with van der Waals surface area (Å²) in [5, 5.41) is 0. The number of pyridine rings is 1. The fraction of sp³-hybridized carbons (Fsp3) is 0.438. The van der Waals surface area contributed by atoms with Crippen LogP contribution in [0.15, 0.2) is 36.9 Å². The molecular formula is C16H22N4. The fourth-order valence-electron chi connectivity index (χ4n) is 2.05. The Kier molecular flexibility index (Phi) is 4.79. The molecule has 0 aliphatic heterocycles. The van der Waals surface area contributed by atoms with E-state index >= 15 is 0 Å². The fourth-order valence-corrected chi connectivity index (χ4v) is 2.05. The molecule has 0 aliphatic carbocycles. The normalized spacial score (nSPS) is 12.9. The summed E-state index contributed by atoms with van der Waals surface area (Å²) in [4.78, 5) is 15.3. The van der Waals surface area contributed by atoms with Crippen molar-refractivity contribution in [1.82, 2.24) is 19.9 Å². The Labute approximate surface area is 120 Å². The third-order valence-electron chi connectivity index (χ3n) is 3.50. The summed E-state index contributed by atoms with van der Waals surface area (Å²) in [6, 6.07) is 4.39. The first kappa shape index (κ1) is 14.6. The maximum atomic E-state index is 4.41. The number of hydrogen-bond acceptors (Lipinski definition) is 4. The Morgan fingerprint density at radius 3 is 2.35 bits per heavy atom. The lowest BCUT2D eigenvalue weighted by Gasteiger charge is -2.24.